The van der Waals surface area contributed by atoms with Crippen molar-refractivity contribution in [1.82, 2.24) is 24.5 Å². The topological polar surface area (TPSA) is 111 Å². The highest BCUT2D eigenvalue weighted by Crippen LogP contribution is 2.28. The van der Waals surface area contributed by atoms with Gasteiger partial charge in [0.2, 0.25) is 5.88 Å². The number of hydrogen-bond donors (Lipinski definition) is 2. The minimum Gasteiger partial charge on any atom is -0.494 e. The van der Waals surface area contributed by atoms with Gasteiger partial charge in [0.25, 0.3) is 11.5 Å². The van der Waals surface area contributed by atoms with Crippen LogP contribution in [0.25, 0.3) is 16.9 Å². The summed E-state index contributed by atoms with van der Waals surface area (Å²) in [5, 5.41) is 18.0. The molecule has 1 saturated heterocycles. The highest BCUT2D eigenvalue weighted by atomic mass is 19.1. The second-order valence-electron chi connectivity index (χ2n) is 8.07. The van der Waals surface area contributed by atoms with Gasteiger partial charge >= 0.3 is 0 Å². The molecule has 1 saturated carbocycles. The van der Waals surface area contributed by atoms with Crippen LogP contribution in [0.4, 0.5) is 4.39 Å². The fraction of sp³-hybridized carbons (Fsp3) is 0.429. The van der Waals surface area contributed by atoms with Crippen LogP contribution in [0.1, 0.15) is 36.0 Å². The van der Waals surface area contributed by atoms with Crippen LogP contribution in [0.15, 0.2) is 29.3 Å². The first kappa shape index (κ1) is 19.7. The summed E-state index contributed by atoms with van der Waals surface area (Å²) < 4.78 is 22.3. The number of aromatic nitrogens is 4. The van der Waals surface area contributed by atoms with Crippen LogP contribution < -0.4 is 10.9 Å². The zero-order valence-corrected chi connectivity index (χ0v) is 16.8. The summed E-state index contributed by atoms with van der Waals surface area (Å²) in [6, 6.07) is 2.76. The van der Waals surface area contributed by atoms with Gasteiger partial charge in [-0.1, -0.05) is 0 Å². The van der Waals surface area contributed by atoms with Crippen molar-refractivity contribution in [2.24, 2.45) is 5.92 Å². The molecule has 1 amide bonds. The molecule has 2 fully saturated rings. The number of aromatic hydroxyl groups is 1. The highest BCUT2D eigenvalue weighted by Gasteiger charge is 2.30. The Labute approximate surface area is 176 Å². The van der Waals surface area contributed by atoms with Crippen molar-refractivity contribution in [3.63, 3.8) is 0 Å². The summed E-state index contributed by atoms with van der Waals surface area (Å²) in [5.74, 6) is -1.37. The molecule has 162 valence electrons. The number of carbonyl (C=O) groups is 1. The Bertz CT molecular complexity index is 1210. The number of nitrogens with one attached hydrogen (secondary N) is 1. The van der Waals surface area contributed by atoms with Crippen LogP contribution in [0, 0.1) is 11.7 Å². The van der Waals surface area contributed by atoms with Gasteiger partial charge in [-0.05, 0) is 37.7 Å². The molecule has 3 aromatic rings. The summed E-state index contributed by atoms with van der Waals surface area (Å²) in [4.78, 5) is 29.8. The monoisotopic (exact) mass is 427 g/mol. The van der Waals surface area contributed by atoms with Crippen molar-refractivity contribution in [1.29, 1.82) is 0 Å². The lowest BCUT2D eigenvalue weighted by Gasteiger charge is -2.24. The average molecular weight is 427 g/mol. The molecule has 0 radical (unpaired) electrons. The SMILES string of the molecule is O=C(NC1CC1)c1c(O)n(CC2CCOCC2)c2cc(-c3cnccc3F)nn2c1=O. The highest BCUT2D eigenvalue weighted by molar-refractivity contribution is 5.96. The number of pyridine rings is 1. The predicted molar refractivity (Wildman–Crippen MR) is 108 cm³/mol. The van der Waals surface area contributed by atoms with E-state index in [0.29, 0.717) is 19.8 Å². The third-order valence-electron chi connectivity index (χ3n) is 5.82. The number of nitrogens with zero attached hydrogens (tertiary/aromatic N) is 4. The average Bonchev–Trinajstić information content (AvgIpc) is 3.46. The standard InChI is InChI=1S/C21H22FN5O4/c22-15-3-6-23-10-14(15)16-9-17-26(11-12-4-7-31-8-5-12)20(29)18(21(30)27(17)25-16)19(28)24-13-1-2-13/h3,6,9-10,12-13,29H,1-2,4-5,7-8,11H2,(H,24,28). The van der Waals surface area contributed by atoms with E-state index >= 15 is 0 Å². The van der Waals surface area contributed by atoms with E-state index in [1.165, 1.54) is 29.1 Å². The summed E-state index contributed by atoms with van der Waals surface area (Å²) in [6.45, 7) is 1.61. The number of fused-ring (bicyclic) bond motifs is 1. The van der Waals surface area contributed by atoms with Crippen LogP contribution in [-0.2, 0) is 11.3 Å². The molecule has 2 aliphatic rings. The van der Waals surface area contributed by atoms with E-state index in [0.717, 1.165) is 30.2 Å². The molecule has 0 atom stereocenters. The summed E-state index contributed by atoms with van der Waals surface area (Å²) in [7, 11) is 0. The molecule has 10 heteroatoms. The lowest BCUT2D eigenvalue weighted by molar-refractivity contribution is 0.0607. The molecule has 1 aliphatic heterocycles. The molecule has 5 rings (SSSR count). The first-order chi connectivity index (χ1) is 15.0. The van der Waals surface area contributed by atoms with Crippen molar-refractivity contribution < 1.29 is 19.0 Å². The second kappa shape index (κ2) is 7.77. The van der Waals surface area contributed by atoms with Gasteiger partial charge in [0.1, 0.15) is 11.5 Å². The van der Waals surface area contributed by atoms with Gasteiger partial charge in [0.05, 0.1) is 11.3 Å². The lowest BCUT2D eigenvalue weighted by Crippen LogP contribution is -2.35. The quantitative estimate of drug-likeness (QED) is 0.642. The summed E-state index contributed by atoms with van der Waals surface area (Å²) >= 11 is 0. The Morgan fingerprint density at radius 1 is 1.29 bits per heavy atom. The zero-order chi connectivity index (χ0) is 21.5. The zero-order valence-electron chi connectivity index (χ0n) is 16.8. The molecule has 3 aromatic heterocycles. The van der Waals surface area contributed by atoms with Gasteiger partial charge in [-0.3, -0.25) is 19.1 Å². The van der Waals surface area contributed by atoms with E-state index in [1.807, 2.05) is 0 Å². The number of halogens is 1. The Kier molecular flexibility index (Phi) is 4.93. The first-order valence-corrected chi connectivity index (χ1v) is 10.4. The van der Waals surface area contributed by atoms with Gasteiger partial charge in [0, 0.05) is 44.3 Å². The molecule has 31 heavy (non-hydrogen) atoms. The van der Waals surface area contributed by atoms with Gasteiger partial charge in [0.15, 0.2) is 5.56 Å². The molecule has 2 N–H and O–H groups in total. The minimum absolute atomic E-state index is 0.0172. The maximum absolute atomic E-state index is 14.3. The van der Waals surface area contributed by atoms with Crippen LogP contribution in [0.3, 0.4) is 0 Å². The minimum atomic E-state index is -0.746. The van der Waals surface area contributed by atoms with Crippen molar-refractivity contribution in [3.05, 3.63) is 46.3 Å². The van der Waals surface area contributed by atoms with Crippen molar-refractivity contribution in [2.45, 2.75) is 38.3 Å². The summed E-state index contributed by atoms with van der Waals surface area (Å²) in [5.41, 5.74) is -0.485. The van der Waals surface area contributed by atoms with Crippen molar-refractivity contribution >= 4 is 11.6 Å². The molecule has 0 unspecified atom stereocenters. The van der Waals surface area contributed by atoms with Crippen LogP contribution in [-0.4, -0.2) is 49.4 Å². The van der Waals surface area contributed by atoms with Crippen molar-refractivity contribution in [2.75, 3.05) is 13.2 Å². The molecule has 9 nitrogen and oxygen atoms in total. The maximum atomic E-state index is 14.3. The second-order valence-corrected chi connectivity index (χ2v) is 8.07. The number of rotatable bonds is 5. The molecule has 4 heterocycles. The van der Waals surface area contributed by atoms with Gasteiger partial charge in [-0.25, -0.2) is 4.39 Å². The van der Waals surface area contributed by atoms with Crippen molar-refractivity contribution in [3.8, 4) is 17.1 Å². The Balaban J connectivity index is 1.67. The van der Waals surface area contributed by atoms with Crippen LogP contribution in [0.5, 0.6) is 5.88 Å². The molecule has 0 aromatic carbocycles. The van der Waals surface area contributed by atoms with Gasteiger partial charge in [-0.15, -0.1) is 0 Å². The Morgan fingerprint density at radius 3 is 2.77 bits per heavy atom. The van der Waals surface area contributed by atoms with E-state index in [-0.39, 0.29) is 34.4 Å². The third kappa shape index (κ3) is 3.67. The molecular weight excluding hydrogens is 405 g/mol. The van der Waals surface area contributed by atoms with Gasteiger partial charge < -0.3 is 15.2 Å². The van der Waals surface area contributed by atoms with E-state index in [2.05, 4.69) is 15.4 Å². The number of amides is 1. The summed E-state index contributed by atoms with van der Waals surface area (Å²) in [6.07, 6.45) is 5.92. The largest absolute Gasteiger partial charge is 0.494 e. The van der Waals surface area contributed by atoms with Gasteiger partial charge in [-0.2, -0.15) is 9.61 Å². The lowest BCUT2D eigenvalue weighted by atomic mass is 10.0. The smallest absolute Gasteiger partial charge is 0.291 e. The first-order valence-electron chi connectivity index (χ1n) is 10.4. The van der Waals surface area contributed by atoms with E-state index in [1.54, 1.807) is 0 Å². The maximum Gasteiger partial charge on any atom is 0.291 e. The Hall–Kier alpha value is -3.27. The Morgan fingerprint density at radius 2 is 2.06 bits per heavy atom. The number of hydrogen-bond acceptors (Lipinski definition) is 6. The molecule has 0 bridgehead atoms. The third-order valence-corrected chi connectivity index (χ3v) is 5.82. The molecule has 0 spiro atoms. The molecular formula is C21H22FN5O4. The van der Waals surface area contributed by atoms with E-state index < -0.39 is 23.2 Å². The fourth-order valence-electron chi connectivity index (χ4n) is 3.91. The normalized spacial score (nSPS) is 17.2. The van der Waals surface area contributed by atoms with E-state index in [4.69, 9.17) is 4.74 Å². The number of carbonyl (C=O) groups excluding carboxylic acids is 1. The fourth-order valence-corrected chi connectivity index (χ4v) is 3.91. The predicted octanol–water partition coefficient (Wildman–Crippen LogP) is 1.72. The number of ether oxygens (including phenoxy) is 1. The van der Waals surface area contributed by atoms with E-state index in [9.17, 15) is 19.1 Å². The van der Waals surface area contributed by atoms with Crippen LogP contribution >= 0.6 is 0 Å². The molecule has 1 aliphatic carbocycles. The van der Waals surface area contributed by atoms with Crippen LogP contribution in [0.2, 0.25) is 0 Å².